The molecular weight excluding hydrogens is 242 g/mol. The maximum atomic E-state index is 11.2. The number of fused-ring (bicyclic) bond motifs is 1. The molecule has 1 aromatic heterocycles. The number of rotatable bonds is 2. The number of nitrogens with two attached hydrogens (primary N) is 1. The summed E-state index contributed by atoms with van der Waals surface area (Å²) in [5.74, 6) is -0.123. The number of anilines is 1. The van der Waals surface area contributed by atoms with Crippen LogP contribution in [0.1, 0.15) is 16.8 Å². The molecule has 2 aromatic rings. The average Bonchev–Trinajstić information content (AvgIpc) is 2.83. The number of aromatic carboxylic acids is 1. The molecular formula is C14H15N3O2. The molecule has 1 fully saturated rings. The Kier molecular flexibility index (Phi) is 2.83. The minimum absolute atomic E-state index is 0.166. The maximum absolute atomic E-state index is 11.2. The number of hydrogen-bond donors (Lipinski definition) is 2. The Morgan fingerprint density at radius 1 is 1.37 bits per heavy atom. The molecule has 1 aliphatic heterocycles. The molecule has 0 bridgehead atoms. The van der Waals surface area contributed by atoms with E-state index in [1.165, 1.54) is 6.20 Å². The van der Waals surface area contributed by atoms with Crippen molar-refractivity contribution in [3.8, 4) is 0 Å². The second-order valence-electron chi connectivity index (χ2n) is 4.84. The molecule has 3 rings (SSSR count). The molecule has 0 saturated carbocycles. The van der Waals surface area contributed by atoms with Crippen LogP contribution in [-0.2, 0) is 0 Å². The first-order chi connectivity index (χ1) is 9.16. The van der Waals surface area contributed by atoms with Crippen LogP contribution in [0.5, 0.6) is 0 Å². The molecule has 0 spiro atoms. The van der Waals surface area contributed by atoms with Gasteiger partial charge in [0.2, 0.25) is 0 Å². The van der Waals surface area contributed by atoms with Crippen LogP contribution in [0.25, 0.3) is 10.8 Å². The Balaban J connectivity index is 2.17. The molecule has 1 unspecified atom stereocenters. The van der Waals surface area contributed by atoms with Crippen molar-refractivity contribution in [3.63, 3.8) is 0 Å². The lowest BCUT2D eigenvalue weighted by atomic mass is 10.1. The molecule has 5 heteroatoms. The number of carboxylic acid groups (broad SMARTS) is 1. The minimum Gasteiger partial charge on any atom is -0.478 e. The summed E-state index contributed by atoms with van der Waals surface area (Å²) in [7, 11) is 0. The highest BCUT2D eigenvalue weighted by atomic mass is 16.4. The van der Waals surface area contributed by atoms with Gasteiger partial charge in [-0.2, -0.15) is 0 Å². The van der Waals surface area contributed by atoms with E-state index >= 15 is 0 Å². The van der Waals surface area contributed by atoms with E-state index in [-0.39, 0.29) is 11.6 Å². The van der Waals surface area contributed by atoms with Gasteiger partial charge in [-0.05, 0) is 6.42 Å². The van der Waals surface area contributed by atoms with Gasteiger partial charge in [0.05, 0.1) is 5.56 Å². The smallest absolute Gasteiger partial charge is 0.337 e. The molecule has 2 heterocycles. The topological polar surface area (TPSA) is 79.5 Å². The molecule has 0 aliphatic carbocycles. The number of carboxylic acids is 1. The van der Waals surface area contributed by atoms with Crippen LogP contribution in [0.15, 0.2) is 30.5 Å². The molecule has 1 aliphatic rings. The van der Waals surface area contributed by atoms with Crippen LogP contribution in [0.2, 0.25) is 0 Å². The summed E-state index contributed by atoms with van der Waals surface area (Å²) in [6, 6.07) is 7.64. The predicted molar refractivity (Wildman–Crippen MR) is 73.5 cm³/mol. The second kappa shape index (κ2) is 4.51. The molecule has 0 amide bonds. The number of pyridine rings is 1. The summed E-state index contributed by atoms with van der Waals surface area (Å²) >= 11 is 0. The fourth-order valence-electron chi connectivity index (χ4n) is 2.58. The van der Waals surface area contributed by atoms with Crippen LogP contribution in [-0.4, -0.2) is 35.2 Å². The number of carbonyl (C=O) groups is 1. The van der Waals surface area contributed by atoms with Gasteiger partial charge in [-0.1, -0.05) is 24.3 Å². The normalized spacial score (nSPS) is 19.0. The quantitative estimate of drug-likeness (QED) is 0.851. The standard InChI is InChI=1S/C14H15N3O2/c15-9-5-6-17(8-9)13-11-4-2-1-3-10(11)12(7-16-13)14(18)19/h1-4,7,9H,5-6,8,15H2,(H,18,19). The maximum Gasteiger partial charge on any atom is 0.337 e. The highest BCUT2D eigenvalue weighted by molar-refractivity contribution is 6.06. The predicted octanol–water partition coefficient (Wildman–Crippen LogP) is 1.47. The van der Waals surface area contributed by atoms with Gasteiger partial charge in [-0.25, -0.2) is 9.78 Å². The van der Waals surface area contributed by atoms with Crippen molar-refractivity contribution in [3.05, 3.63) is 36.0 Å². The Labute approximate surface area is 110 Å². The Bertz CT molecular complexity index is 642. The van der Waals surface area contributed by atoms with Gasteiger partial charge in [-0.15, -0.1) is 0 Å². The lowest BCUT2D eigenvalue weighted by Crippen LogP contribution is -2.27. The molecule has 19 heavy (non-hydrogen) atoms. The fourth-order valence-corrected chi connectivity index (χ4v) is 2.58. The first-order valence-electron chi connectivity index (χ1n) is 6.28. The van der Waals surface area contributed by atoms with Crippen molar-refractivity contribution in [2.45, 2.75) is 12.5 Å². The van der Waals surface area contributed by atoms with Crippen LogP contribution >= 0.6 is 0 Å². The van der Waals surface area contributed by atoms with Gasteiger partial charge >= 0.3 is 5.97 Å². The number of hydrogen-bond acceptors (Lipinski definition) is 4. The summed E-state index contributed by atoms with van der Waals surface area (Å²) in [4.78, 5) is 17.7. The van der Waals surface area contributed by atoms with Crippen LogP contribution in [0.3, 0.4) is 0 Å². The number of aromatic nitrogens is 1. The van der Waals surface area contributed by atoms with Gasteiger partial charge in [0.15, 0.2) is 0 Å². The molecule has 0 radical (unpaired) electrons. The van der Waals surface area contributed by atoms with Gasteiger partial charge in [0.25, 0.3) is 0 Å². The lowest BCUT2D eigenvalue weighted by Gasteiger charge is -2.19. The van der Waals surface area contributed by atoms with Gasteiger partial charge in [0, 0.05) is 36.1 Å². The van der Waals surface area contributed by atoms with Gasteiger partial charge in [0.1, 0.15) is 5.82 Å². The molecule has 3 N–H and O–H groups in total. The van der Waals surface area contributed by atoms with Crippen LogP contribution < -0.4 is 10.6 Å². The Morgan fingerprint density at radius 2 is 2.11 bits per heavy atom. The molecule has 1 aromatic carbocycles. The van der Waals surface area contributed by atoms with Crippen molar-refractivity contribution in [1.29, 1.82) is 0 Å². The van der Waals surface area contributed by atoms with Gasteiger partial charge in [-0.3, -0.25) is 0 Å². The number of nitrogens with zero attached hydrogens (tertiary/aromatic N) is 2. The van der Waals surface area contributed by atoms with Crippen molar-refractivity contribution in [1.82, 2.24) is 4.98 Å². The van der Waals surface area contributed by atoms with Crippen molar-refractivity contribution < 1.29 is 9.90 Å². The van der Waals surface area contributed by atoms with E-state index in [4.69, 9.17) is 5.73 Å². The third-order valence-corrected chi connectivity index (χ3v) is 3.53. The zero-order valence-electron chi connectivity index (χ0n) is 10.4. The van der Waals surface area contributed by atoms with E-state index in [0.717, 1.165) is 36.1 Å². The van der Waals surface area contributed by atoms with E-state index in [2.05, 4.69) is 9.88 Å². The lowest BCUT2D eigenvalue weighted by molar-refractivity contribution is 0.0698. The zero-order valence-corrected chi connectivity index (χ0v) is 10.4. The molecule has 5 nitrogen and oxygen atoms in total. The van der Waals surface area contributed by atoms with E-state index in [1.54, 1.807) is 0 Å². The van der Waals surface area contributed by atoms with Crippen LogP contribution in [0.4, 0.5) is 5.82 Å². The number of benzene rings is 1. The van der Waals surface area contributed by atoms with E-state index in [9.17, 15) is 9.90 Å². The Hall–Kier alpha value is -2.14. The average molecular weight is 257 g/mol. The van der Waals surface area contributed by atoms with E-state index in [1.807, 2.05) is 24.3 Å². The minimum atomic E-state index is -0.951. The zero-order chi connectivity index (χ0) is 13.4. The third kappa shape index (κ3) is 2.02. The fraction of sp³-hybridized carbons (Fsp3) is 0.286. The van der Waals surface area contributed by atoms with Crippen molar-refractivity contribution >= 4 is 22.6 Å². The van der Waals surface area contributed by atoms with Crippen molar-refractivity contribution in [2.24, 2.45) is 5.73 Å². The highest BCUT2D eigenvalue weighted by Gasteiger charge is 2.23. The summed E-state index contributed by atoms with van der Waals surface area (Å²) in [6.07, 6.45) is 2.38. The largest absolute Gasteiger partial charge is 0.478 e. The van der Waals surface area contributed by atoms with Crippen LogP contribution in [0, 0.1) is 0 Å². The first-order valence-corrected chi connectivity index (χ1v) is 6.28. The summed E-state index contributed by atoms with van der Waals surface area (Å²) in [5, 5.41) is 10.8. The first kappa shape index (κ1) is 11.9. The summed E-state index contributed by atoms with van der Waals surface area (Å²) in [5.41, 5.74) is 6.16. The molecule has 1 atom stereocenters. The second-order valence-corrected chi connectivity index (χ2v) is 4.84. The van der Waals surface area contributed by atoms with E-state index in [0.29, 0.717) is 0 Å². The van der Waals surface area contributed by atoms with Crippen molar-refractivity contribution in [2.75, 3.05) is 18.0 Å². The molecule has 1 saturated heterocycles. The highest BCUT2D eigenvalue weighted by Crippen LogP contribution is 2.29. The Morgan fingerprint density at radius 3 is 2.74 bits per heavy atom. The third-order valence-electron chi connectivity index (χ3n) is 3.53. The van der Waals surface area contributed by atoms with E-state index < -0.39 is 5.97 Å². The SMILES string of the molecule is NC1CCN(c2ncc(C(=O)O)c3ccccc23)C1. The summed E-state index contributed by atoms with van der Waals surface area (Å²) in [6.45, 7) is 1.63. The molecule has 98 valence electrons. The van der Waals surface area contributed by atoms with Gasteiger partial charge < -0.3 is 15.7 Å². The summed E-state index contributed by atoms with van der Waals surface area (Å²) < 4.78 is 0. The monoisotopic (exact) mass is 257 g/mol.